The number of rotatable bonds is 3. The van der Waals surface area contributed by atoms with Crippen molar-refractivity contribution in [2.45, 2.75) is 13.5 Å². The molecule has 0 bridgehead atoms. The summed E-state index contributed by atoms with van der Waals surface area (Å²) in [6, 6.07) is 11.4. The number of amides is 1. The summed E-state index contributed by atoms with van der Waals surface area (Å²) in [6.45, 7) is 2.59. The summed E-state index contributed by atoms with van der Waals surface area (Å²) in [6.07, 6.45) is 0. The zero-order valence-electron chi connectivity index (χ0n) is 10.5. The number of benzene rings is 1. The van der Waals surface area contributed by atoms with Crippen LogP contribution in [0.4, 0.5) is 5.69 Å². The molecule has 2 N–H and O–H groups in total. The highest BCUT2D eigenvalue weighted by molar-refractivity contribution is 7.13. The van der Waals surface area contributed by atoms with Gasteiger partial charge >= 0.3 is 0 Å². The highest BCUT2D eigenvalue weighted by Gasteiger charge is 2.13. The van der Waals surface area contributed by atoms with Gasteiger partial charge in [0.1, 0.15) is 0 Å². The van der Waals surface area contributed by atoms with E-state index < -0.39 is 0 Å². The quantitative estimate of drug-likeness (QED) is 0.862. The van der Waals surface area contributed by atoms with Gasteiger partial charge in [-0.15, -0.1) is 11.3 Å². The van der Waals surface area contributed by atoms with Crippen LogP contribution < -0.4 is 5.73 Å². The van der Waals surface area contributed by atoms with E-state index >= 15 is 0 Å². The van der Waals surface area contributed by atoms with E-state index in [1.807, 2.05) is 50.4 Å². The average Bonchev–Trinajstić information content (AvgIpc) is 2.78. The minimum absolute atomic E-state index is 0.0601. The molecular formula is C14H16N2OS. The van der Waals surface area contributed by atoms with Crippen molar-refractivity contribution in [3.63, 3.8) is 0 Å². The molecule has 0 aliphatic carbocycles. The fourth-order valence-corrected chi connectivity index (χ4v) is 2.57. The fourth-order valence-electron chi connectivity index (χ4n) is 1.71. The highest BCUT2D eigenvalue weighted by Crippen LogP contribution is 2.18. The molecule has 94 valence electrons. The van der Waals surface area contributed by atoms with E-state index in [-0.39, 0.29) is 5.91 Å². The van der Waals surface area contributed by atoms with Gasteiger partial charge in [0, 0.05) is 24.2 Å². The van der Waals surface area contributed by atoms with E-state index in [1.165, 1.54) is 11.3 Å². The number of carbonyl (C=O) groups is 1. The molecule has 0 unspecified atom stereocenters. The lowest BCUT2D eigenvalue weighted by atomic mass is 10.2. The summed E-state index contributed by atoms with van der Waals surface area (Å²) >= 11 is 1.53. The van der Waals surface area contributed by atoms with Crippen LogP contribution in [-0.2, 0) is 6.54 Å². The maximum Gasteiger partial charge on any atom is 0.263 e. The summed E-state index contributed by atoms with van der Waals surface area (Å²) in [5.74, 6) is 0.0601. The van der Waals surface area contributed by atoms with Gasteiger partial charge in [-0.25, -0.2) is 0 Å². The van der Waals surface area contributed by atoms with Crippen LogP contribution >= 0.6 is 11.3 Å². The third-order valence-corrected chi connectivity index (χ3v) is 3.69. The predicted molar refractivity (Wildman–Crippen MR) is 75.7 cm³/mol. The van der Waals surface area contributed by atoms with E-state index in [1.54, 1.807) is 4.90 Å². The fraction of sp³-hybridized carbons (Fsp3) is 0.214. The number of thiophene rings is 1. The molecule has 0 aliphatic rings. The van der Waals surface area contributed by atoms with Crippen LogP contribution in [0.15, 0.2) is 36.4 Å². The largest absolute Gasteiger partial charge is 0.399 e. The van der Waals surface area contributed by atoms with Gasteiger partial charge in [-0.05, 0) is 36.8 Å². The lowest BCUT2D eigenvalue weighted by Crippen LogP contribution is -2.25. The van der Waals surface area contributed by atoms with E-state index in [9.17, 15) is 4.79 Å². The summed E-state index contributed by atoms with van der Waals surface area (Å²) in [5.41, 5.74) is 7.45. The van der Waals surface area contributed by atoms with Gasteiger partial charge in [-0.1, -0.05) is 12.1 Å². The molecule has 18 heavy (non-hydrogen) atoms. The number of nitrogens with zero attached hydrogens (tertiary/aromatic N) is 1. The predicted octanol–water partition coefficient (Wildman–Crippen LogP) is 2.91. The number of hydrogen-bond donors (Lipinski definition) is 1. The summed E-state index contributed by atoms with van der Waals surface area (Å²) < 4.78 is 0. The number of carbonyl (C=O) groups excluding carboxylic acids is 1. The summed E-state index contributed by atoms with van der Waals surface area (Å²) in [5, 5.41) is 0. The number of nitrogen functional groups attached to an aromatic ring is 1. The smallest absolute Gasteiger partial charge is 0.263 e. The van der Waals surface area contributed by atoms with Crippen molar-refractivity contribution in [3.8, 4) is 0 Å². The Balaban J connectivity index is 2.05. The Morgan fingerprint density at radius 1 is 1.22 bits per heavy atom. The van der Waals surface area contributed by atoms with Gasteiger partial charge in [0.25, 0.3) is 5.91 Å². The number of aryl methyl sites for hydroxylation is 1. The summed E-state index contributed by atoms with van der Waals surface area (Å²) in [7, 11) is 1.81. The van der Waals surface area contributed by atoms with Gasteiger partial charge in [0.05, 0.1) is 4.88 Å². The molecule has 0 atom stereocenters. The lowest BCUT2D eigenvalue weighted by molar-refractivity contribution is 0.0790. The molecule has 1 aromatic carbocycles. The maximum atomic E-state index is 12.1. The molecule has 0 spiro atoms. The van der Waals surface area contributed by atoms with Crippen LogP contribution in [0.25, 0.3) is 0 Å². The minimum atomic E-state index is 0.0601. The SMILES string of the molecule is Cc1ccc(C(=O)N(C)Cc2ccc(N)cc2)s1. The standard InChI is InChI=1S/C14H16N2OS/c1-10-3-8-13(18-10)14(17)16(2)9-11-4-6-12(15)7-5-11/h3-8H,9,15H2,1-2H3. The number of anilines is 1. The van der Waals surface area contributed by atoms with Gasteiger partial charge in [0.15, 0.2) is 0 Å². The van der Waals surface area contributed by atoms with Crippen molar-refractivity contribution in [2.24, 2.45) is 0 Å². The molecule has 0 saturated heterocycles. The van der Waals surface area contributed by atoms with Gasteiger partial charge in [-0.2, -0.15) is 0 Å². The number of nitrogens with two attached hydrogens (primary N) is 1. The Morgan fingerprint density at radius 2 is 1.89 bits per heavy atom. The molecule has 0 radical (unpaired) electrons. The van der Waals surface area contributed by atoms with Crippen LogP contribution in [0.1, 0.15) is 20.1 Å². The molecule has 0 fully saturated rings. The zero-order chi connectivity index (χ0) is 13.1. The average molecular weight is 260 g/mol. The second kappa shape index (κ2) is 5.23. The maximum absolute atomic E-state index is 12.1. The second-order valence-corrected chi connectivity index (χ2v) is 5.60. The first kappa shape index (κ1) is 12.6. The second-order valence-electron chi connectivity index (χ2n) is 4.31. The first-order valence-corrected chi connectivity index (χ1v) is 6.54. The van der Waals surface area contributed by atoms with E-state index in [0.29, 0.717) is 6.54 Å². The van der Waals surface area contributed by atoms with Crippen molar-refractivity contribution < 1.29 is 4.79 Å². The third kappa shape index (κ3) is 2.90. The molecule has 3 nitrogen and oxygen atoms in total. The van der Waals surface area contributed by atoms with Gasteiger partial charge in [-0.3, -0.25) is 4.79 Å². The Labute approximate surface area is 111 Å². The molecule has 0 saturated carbocycles. The Hall–Kier alpha value is -1.81. The normalized spacial score (nSPS) is 10.3. The first-order valence-electron chi connectivity index (χ1n) is 5.72. The molecule has 0 aliphatic heterocycles. The molecule has 2 aromatic rings. The molecule has 2 rings (SSSR count). The Morgan fingerprint density at radius 3 is 2.44 bits per heavy atom. The minimum Gasteiger partial charge on any atom is -0.399 e. The topological polar surface area (TPSA) is 46.3 Å². The Bertz CT molecular complexity index is 545. The monoisotopic (exact) mass is 260 g/mol. The molecule has 4 heteroatoms. The van der Waals surface area contributed by atoms with E-state index in [0.717, 1.165) is 21.0 Å². The van der Waals surface area contributed by atoms with Crippen LogP contribution in [0.2, 0.25) is 0 Å². The van der Waals surface area contributed by atoms with Crippen LogP contribution in [0.3, 0.4) is 0 Å². The molecular weight excluding hydrogens is 244 g/mol. The van der Waals surface area contributed by atoms with Crippen LogP contribution in [0.5, 0.6) is 0 Å². The molecule has 1 aromatic heterocycles. The first-order chi connectivity index (χ1) is 8.56. The summed E-state index contributed by atoms with van der Waals surface area (Å²) in [4.78, 5) is 15.8. The van der Waals surface area contributed by atoms with E-state index in [4.69, 9.17) is 5.73 Å². The van der Waals surface area contributed by atoms with Crippen molar-refractivity contribution in [1.82, 2.24) is 4.90 Å². The van der Waals surface area contributed by atoms with Crippen molar-refractivity contribution >= 4 is 22.9 Å². The van der Waals surface area contributed by atoms with E-state index in [2.05, 4.69) is 0 Å². The number of hydrogen-bond acceptors (Lipinski definition) is 3. The van der Waals surface area contributed by atoms with Gasteiger partial charge in [0.2, 0.25) is 0 Å². The molecule has 1 heterocycles. The highest BCUT2D eigenvalue weighted by atomic mass is 32.1. The lowest BCUT2D eigenvalue weighted by Gasteiger charge is -2.16. The zero-order valence-corrected chi connectivity index (χ0v) is 11.3. The molecule has 1 amide bonds. The van der Waals surface area contributed by atoms with Crippen LogP contribution in [-0.4, -0.2) is 17.9 Å². The van der Waals surface area contributed by atoms with Gasteiger partial charge < -0.3 is 10.6 Å². The van der Waals surface area contributed by atoms with Crippen molar-refractivity contribution in [3.05, 3.63) is 51.7 Å². The van der Waals surface area contributed by atoms with Crippen molar-refractivity contribution in [1.29, 1.82) is 0 Å². The van der Waals surface area contributed by atoms with Crippen LogP contribution in [0, 0.1) is 6.92 Å². The third-order valence-electron chi connectivity index (χ3n) is 2.70. The van der Waals surface area contributed by atoms with Crippen molar-refractivity contribution in [2.75, 3.05) is 12.8 Å². The Kier molecular flexibility index (Phi) is 3.67.